The zero-order chi connectivity index (χ0) is 14.7. The second-order valence-electron chi connectivity index (χ2n) is 6.25. The van der Waals surface area contributed by atoms with Crippen molar-refractivity contribution >= 4 is 5.91 Å². The Morgan fingerprint density at radius 3 is 2.95 bits per heavy atom. The molecule has 4 heteroatoms. The summed E-state index contributed by atoms with van der Waals surface area (Å²) in [5.74, 6) is 0.105. The van der Waals surface area contributed by atoms with Crippen LogP contribution in [0.4, 0.5) is 0 Å². The van der Waals surface area contributed by atoms with Gasteiger partial charge in [-0.3, -0.25) is 4.79 Å². The van der Waals surface area contributed by atoms with Crippen LogP contribution in [0.1, 0.15) is 36.9 Å². The highest BCUT2D eigenvalue weighted by molar-refractivity contribution is 5.84. The Hall–Kier alpha value is -1.39. The minimum absolute atomic E-state index is 0.105. The highest BCUT2D eigenvalue weighted by Crippen LogP contribution is 2.22. The summed E-state index contributed by atoms with van der Waals surface area (Å²) in [4.78, 5) is 15.0. The van der Waals surface area contributed by atoms with E-state index in [4.69, 9.17) is 0 Å². The zero-order valence-corrected chi connectivity index (χ0v) is 12.8. The van der Waals surface area contributed by atoms with Gasteiger partial charge in [-0.05, 0) is 50.4 Å². The lowest BCUT2D eigenvalue weighted by Crippen LogP contribution is -2.47. The second kappa shape index (κ2) is 6.58. The molecule has 1 amide bonds. The topological polar surface area (TPSA) is 44.4 Å². The second-order valence-corrected chi connectivity index (χ2v) is 6.25. The number of fused-ring (bicyclic) bond motifs is 1. The van der Waals surface area contributed by atoms with Gasteiger partial charge in [-0.1, -0.05) is 24.3 Å². The van der Waals surface area contributed by atoms with Crippen molar-refractivity contribution in [3.63, 3.8) is 0 Å². The van der Waals surface area contributed by atoms with Crippen molar-refractivity contribution in [2.75, 3.05) is 26.2 Å². The lowest BCUT2D eigenvalue weighted by molar-refractivity contribution is -0.124. The van der Waals surface area contributed by atoms with Gasteiger partial charge >= 0.3 is 0 Å². The Labute approximate surface area is 126 Å². The largest absolute Gasteiger partial charge is 0.351 e. The normalized spacial score (nSPS) is 23.6. The Balaban J connectivity index is 1.60. The molecule has 0 aliphatic carbocycles. The van der Waals surface area contributed by atoms with Crippen LogP contribution in [0, 0.1) is 0 Å². The lowest BCUT2D eigenvalue weighted by atomic mass is 9.94. The SMILES string of the molecule is CC(CN1CCCC1)NC(=O)C1NCCc2ccccc21. The van der Waals surface area contributed by atoms with Gasteiger partial charge in [0, 0.05) is 19.1 Å². The lowest BCUT2D eigenvalue weighted by Gasteiger charge is -2.28. The van der Waals surface area contributed by atoms with Crippen LogP contribution >= 0.6 is 0 Å². The third kappa shape index (κ3) is 3.44. The van der Waals surface area contributed by atoms with Gasteiger partial charge in [0.05, 0.1) is 0 Å². The summed E-state index contributed by atoms with van der Waals surface area (Å²) in [7, 11) is 0. The Morgan fingerprint density at radius 2 is 2.14 bits per heavy atom. The molecule has 1 aromatic rings. The van der Waals surface area contributed by atoms with Crippen molar-refractivity contribution in [1.82, 2.24) is 15.5 Å². The van der Waals surface area contributed by atoms with Gasteiger partial charge in [0.25, 0.3) is 0 Å². The quantitative estimate of drug-likeness (QED) is 0.881. The van der Waals surface area contributed by atoms with E-state index in [2.05, 4.69) is 40.7 Å². The van der Waals surface area contributed by atoms with Gasteiger partial charge in [-0.25, -0.2) is 0 Å². The molecule has 1 aromatic carbocycles. The van der Waals surface area contributed by atoms with E-state index in [9.17, 15) is 4.79 Å². The molecule has 0 aromatic heterocycles. The summed E-state index contributed by atoms with van der Waals surface area (Å²) in [6.07, 6.45) is 3.58. The van der Waals surface area contributed by atoms with Gasteiger partial charge in [-0.2, -0.15) is 0 Å². The van der Waals surface area contributed by atoms with Gasteiger partial charge in [0.2, 0.25) is 5.91 Å². The number of hydrogen-bond acceptors (Lipinski definition) is 3. The number of carbonyl (C=O) groups is 1. The van der Waals surface area contributed by atoms with Crippen LogP contribution in [0.2, 0.25) is 0 Å². The van der Waals surface area contributed by atoms with Crippen LogP contribution in [0.15, 0.2) is 24.3 Å². The van der Waals surface area contributed by atoms with Gasteiger partial charge in [0.1, 0.15) is 6.04 Å². The third-order valence-corrected chi connectivity index (χ3v) is 4.49. The fourth-order valence-electron chi connectivity index (χ4n) is 3.46. The molecular weight excluding hydrogens is 262 g/mol. The number of nitrogens with one attached hydrogen (secondary N) is 2. The van der Waals surface area contributed by atoms with Crippen molar-refractivity contribution in [3.05, 3.63) is 35.4 Å². The maximum atomic E-state index is 12.6. The van der Waals surface area contributed by atoms with Crippen molar-refractivity contribution in [2.24, 2.45) is 0 Å². The number of nitrogens with zero attached hydrogens (tertiary/aromatic N) is 1. The molecule has 21 heavy (non-hydrogen) atoms. The number of rotatable bonds is 4. The summed E-state index contributed by atoms with van der Waals surface area (Å²) < 4.78 is 0. The molecule has 2 N–H and O–H groups in total. The molecule has 3 rings (SSSR count). The molecule has 0 bridgehead atoms. The van der Waals surface area contributed by atoms with E-state index in [-0.39, 0.29) is 18.0 Å². The average molecular weight is 287 g/mol. The van der Waals surface area contributed by atoms with Crippen LogP contribution in [-0.4, -0.2) is 43.0 Å². The smallest absolute Gasteiger partial charge is 0.242 e. The first kappa shape index (κ1) is 14.5. The number of likely N-dealkylation sites (tertiary alicyclic amines) is 1. The summed E-state index contributed by atoms with van der Waals surface area (Å²) in [5.41, 5.74) is 2.43. The maximum absolute atomic E-state index is 12.6. The molecule has 1 fully saturated rings. The first-order valence-corrected chi connectivity index (χ1v) is 8.08. The van der Waals surface area contributed by atoms with Crippen LogP contribution in [-0.2, 0) is 11.2 Å². The van der Waals surface area contributed by atoms with Crippen molar-refractivity contribution in [2.45, 2.75) is 38.3 Å². The molecule has 2 heterocycles. The molecule has 2 atom stereocenters. The molecule has 2 aliphatic rings. The van der Waals surface area contributed by atoms with E-state index in [1.54, 1.807) is 0 Å². The minimum Gasteiger partial charge on any atom is -0.351 e. The minimum atomic E-state index is -0.198. The molecule has 0 spiro atoms. The van der Waals surface area contributed by atoms with E-state index in [0.29, 0.717) is 0 Å². The molecule has 1 saturated heterocycles. The van der Waals surface area contributed by atoms with Crippen LogP contribution < -0.4 is 10.6 Å². The number of hydrogen-bond donors (Lipinski definition) is 2. The Bertz CT molecular complexity index is 497. The predicted molar refractivity (Wildman–Crippen MR) is 84.2 cm³/mol. The number of carbonyl (C=O) groups excluding carboxylic acids is 1. The number of amides is 1. The fraction of sp³-hybridized carbons (Fsp3) is 0.588. The van der Waals surface area contributed by atoms with Crippen molar-refractivity contribution in [3.8, 4) is 0 Å². The van der Waals surface area contributed by atoms with E-state index in [1.807, 2.05) is 6.07 Å². The summed E-state index contributed by atoms with van der Waals surface area (Å²) in [6.45, 7) is 6.27. The molecule has 2 aliphatic heterocycles. The monoisotopic (exact) mass is 287 g/mol. The van der Waals surface area contributed by atoms with E-state index in [0.717, 1.165) is 25.1 Å². The molecule has 0 saturated carbocycles. The van der Waals surface area contributed by atoms with Crippen molar-refractivity contribution in [1.29, 1.82) is 0 Å². The van der Waals surface area contributed by atoms with Gasteiger partial charge in [-0.15, -0.1) is 0 Å². The van der Waals surface area contributed by atoms with E-state index >= 15 is 0 Å². The Morgan fingerprint density at radius 1 is 1.38 bits per heavy atom. The van der Waals surface area contributed by atoms with Crippen LogP contribution in [0.5, 0.6) is 0 Å². The first-order valence-electron chi connectivity index (χ1n) is 8.08. The molecule has 0 radical (unpaired) electrons. The fourth-order valence-corrected chi connectivity index (χ4v) is 3.46. The van der Waals surface area contributed by atoms with Gasteiger partial charge < -0.3 is 15.5 Å². The molecule has 2 unspecified atom stereocenters. The standard InChI is InChI=1S/C17H25N3O/c1-13(12-20-10-4-5-11-20)19-17(21)16-15-7-3-2-6-14(15)8-9-18-16/h2-3,6-7,13,16,18H,4-5,8-12H2,1H3,(H,19,21). The summed E-state index contributed by atoms with van der Waals surface area (Å²) in [6, 6.07) is 8.26. The first-order chi connectivity index (χ1) is 10.2. The molecule has 4 nitrogen and oxygen atoms in total. The van der Waals surface area contributed by atoms with Gasteiger partial charge in [0.15, 0.2) is 0 Å². The predicted octanol–water partition coefficient (Wildman–Crippen LogP) is 1.47. The van der Waals surface area contributed by atoms with Crippen LogP contribution in [0.3, 0.4) is 0 Å². The summed E-state index contributed by atoms with van der Waals surface area (Å²) >= 11 is 0. The third-order valence-electron chi connectivity index (χ3n) is 4.49. The maximum Gasteiger partial charge on any atom is 0.242 e. The summed E-state index contributed by atoms with van der Waals surface area (Å²) in [5, 5.41) is 6.52. The molecular formula is C17H25N3O. The van der Waals surface area contributed by atoms with E-state index < -0.39 is 0 Å². The van der Waals surface area contributed by atoms with Crippen molar-refractivity contribution < 1.29 is 4.79 Å². The number of benzene rings is 1. The average Bonchev–Trinajstić information content (AvgIpc) is 2.99. The highest BCUT2D eigenvalue weighted by atomic mass is 16.2. The van der Waals surface area contributed by atoms with Crippen LogP contribution in [0.25, 0.3) is 0 Å². The zero-order valence-electron chi connectivity index (χ0n) is 12.8. The Kier molecular flexibility index (Phi) is 4.56. The molecule has 114 valence electrons. The van der Waals surface area contributed by atoms with E-state index in [1.165, 1.54) is 31.5 Å². The highest BCUT2D eigenvalue weighted by Gasteiger charge is 2.27.